The van der Waals surface area contributed by atoms with Crippen LogP contribution in [0.15, 0.2) is 24.3 Å². The number of methoxy groups -OCH3 is 2. The predicted molar refractivity (Wildman–Crippen MR) is 75.3 cm³/mol. The summed E-state index contributed by atoms with van der Waals surface area (Å²) < 4.78 is 10.6. The van der Waals surface area contributed by atoms with Crippen LogP contribution in [-0.2, 0) is 11.2 Å². The van der Waals surface area contributed by atoms with Crippen LogP contribution in [0.2, 0.25) is 0 Å². The molecule has 0 unspecified atom stereocenters. The molecule has 0 bridgehead atoms. The average Bonchev–Trinajstić information content (AvgIpc) is 2.38. The molecule has 1 rings (SSSR count). The summed E-state index contributed by atoms with van der Waals surface area (Å²) in [5.41, 5.74) is 1.26. The molecule has 0 aliphatic carbocycles. The third-order valence-corrected chi connectivity index (χ3v) is 3.18. The Morgan fingerprint density at radius 1 is 1.17 bits per heavy atom. The van der Waals surface area contributed by atoms with E-state index < -0.39 is 0 Å². The molecule has 0 saturated carbocycles. The highest BCUT2D eigenvalue weighted by Gasteiger charge is 2.14. The minimum absolute atomic E-state index is 0.0387. The Balaban J connectivity index is 2.21. The highest BCUT2D eigenvalue weighted by Crippen LogP contribution is 2.13. The van der Waals surface area contributed by atoms with Crippen LogP contribution in [0.4, 0.5) is 0 Å². The molecule has 0 saturated heterocycles. The molecule has 0 aliphatic heterocycles. The SMILES string of the molecule is COc1cccc(CCNCCC(C)(C)OC)c1. The lowest BCUT2D eigenvalue weighted by Gasteiger charge is -2.22. The van der Waals surface area contributed by atoms with Crippen molar-refractivity contribution < 1.29 is 9.47 Å². The van der Waals surface area contributed by atoms with Crippen molar-refractivity contribution >= 4 is 0 Å². The molecular formula is C15H25NO2. The molecule has 3 nitrogen and oxygen atoms in total. The van der Waals surface area contributed by atoms with Crippen molar-refractivity contribution in [3.05, 3.63) is 29.8 Å². The van der Waals surface area contributed by atoms with Crippen LogP contribution in [0.1, 0.15) is 25.8 Å². The maximum absolute atomic E-state index is 5.38. The van der Waals surface area contributed by atoms with E-state index in [-0.39, 0.29) is 5.60 Å². The molecule has 3 heteroatoms. The van der Waals surface area contributed by atoms with E-state index in [1.54, 1.807) is 14.2 Å². The van der Waals surface area contributed by atoms with E-state index in [9.17, 15) is 0 Å². The van der Waals surface area contributed by atoms with Gasteiger partial charge in [0.2, 0.25) is 0 Å². The van der Waals surface area contributed by atoms with Crippen LogP contribution < -0.4 is 10.1 Å². The lowest BCUT2D eigenvalue weighted by molar-refractivity contribution is 0.0159. The van der Waals surface area contributed by atoms with Gasteiger partial charge in [0, 0.05) is 7.11 Å². The van der Waals surface area contributed by atoms with Crippen molar-refractivity contribution in [3.8, 4) is 5.75 Å². The molecule has 0 fully saturated rings. The summed E-state index contributed by atoms with van der Waals surface area (Å²) in [5, 5.41) is 3.44. The summed E-state index contributed by atoms with van der Waals surface area (Å²) in [7, 11) is 3.46. The smallest absolute Gasteiger partial charge is 0.119 e. The summed E-state index contributed by atoms with van der Waals surface area (Å²) in [6, 6.07) is 8.21. The summed E-state index contributed by atoms with van der Waals surface area (Å²) in [6.07, 6.45) is 2.03. The second-order valence-corrected chi connectivity index (χ2v) is 5.07. The lowest BCUT2D eigenvalue weighted by Crippen LogP contribution is -2.29. The van der Waals surface area contributed by atoms with E-state index in [2.05, 4.69) is 31.3 Å². The first-order valence-electron chi connectivity index (χ1n) is 6.46. The van der Waals surface area contributed by atoms with Gasteiger partial charge in [0.25, 0.3) is 0 Å². The van der Waals surface area contributed by atoms with Gasteiger partial charge >= 0.3 is 0 Å². The average molecular weight is 251 g/mol. The van der Waals surface area contributed by atoms with Gasteiger partial charge in [0.1, 0.15) is 5.75 Å². The number of benzene rings is 1. The number of ether oxygens (including phenoxy) is 2. The van der Waals surface area contributed by atoms with Gasteiger partial charge in [-0.15, -0.1) is 0 Å². The molecule has 0 amide bonds. The number of rotatable bonds is 8. The number of nitrogens with one attached hydrogen (secondary N) is 1. The molecule has 18 heavy (non-hydrogen) atoms. The highest BCUT2D eigenvalue weighted by molar-refractivity contribution is 5.28. The van der Waals surface area contributed by atoms with Crippen LogP contribution in [-0.4, -0.2) is 32.9 Å². The molecule has 102 valence electrons. The van der Waals surface area contributed by atoms with Crippen LogP contribution in [0.3, 0.4) is 0 Å². The van der Waals surface area contributed by atoms with Crippen molar-refractivity contribution in [2.75, 3.05) is 27.3 Å². The summed E-state index contributed by atoms with van der Waals surface area (Å²) in [6.45, 7) is 6.17. The Labute approximate surface area is 110 Å². The lowest BCUT2D eigenvalue weighted by atomic mass is 10.1. The maximum atomic E-state index is 5.38. The van der Waals surface area contributed by atoms with E-state index in [1.807, 2.05) is 12.1 Å². The van der Waals surface area contributed by atoms with Crippen LogP contribution in [0.25, 0.3) is 0 Å². The van der Waals surface area contributed by atoms with Crippen molar-refractivity contribution in [2.45, 2.75) is 32.3 Å². The molecule has 0 radical (unpaired) electrons. The Kier molecular flexibility index (Phi) is 6.16. The number of hydrogen-bond donors (Lipinski definition) is 1. The molecule has 1 N–H and O–H groups in total. The first-order chi connectivity index (χ1) is 8.57. The maximum Gasteiger partial charge on any atom is 0.119 e. The molecule has 0 spiro atoms. The van der Waals surface area contributed by atoms with E-state index in [0.717, 1.165) is 31.7 Å². The molecule has 0 heterocycles. The van der Waals surface area contributed by atoms with Crippen LogP contribution >= 0.6 is 0 Å². The van der Waals surface area contributed by atoms with Gasteiger partial charge in [-0.2, -0.15) is 0 Å². The topological polar surface area (TPSA) is 30.5 Å². The first kappa shape index (κ1) is 15.0. The van der Waals surface area contributed by atoms with Crippen molar-refractivity contribution in [1.82, 2.24) is 5.32 Å². The minimum Gasteiger partial charge on any atom is -0.497 e. The Morgan fingerprint density at radius 2 is 1.94 bits per heavy atom. The third kappa shape index (κ3) is 5.52. The molecule has 0 aromatic heterocycles. The normalized spacial score (nSPS) is 11.6. The predicted octanol–water partition coefficient (Wildman–Crippen LogP) is 2.64. The van der Waals surface area contributed by atoms with Gasteiger partial charge in [-0.05, 0) is 57.5 Å². The second-order valence-electron chi connectivity index (χ2n) is 5.07. The largest absolute Gasteiger partial charge is 0.497 e. The fraction of sp³-hybridized carbons (Fsp3) is 0.600. The summed E-state index contributed by atoms with van der Waals surface area (Å²) in [4.78, 5) is 0. The fourth-order valence-corrected chi connectivity index (χ4v) is 1.68. The summed E-state index contributed by atoms with van der Waals surface area (Å²) in [5.74, 6) is 0.924. The van der Waals surface area contributed by atoms with E-state index in [0.29, 0.717) is 0 Å². The molecule has 1 aromatic carbocycles. The van der Waals surface area contributed by atoms with Crippen molar-refractivity contribution in [2.24, 2.45) is 0 Å². The number of hydrogen-bond acceptors (Lipinski definition) is 3. The quantitative estimate of drug-likeness (QED) is 0.721. The molecule has 0 aliphatic rings. The van der Waals surface area contributed by atoms with Gasteiger partial charge in [0.05, 0.1) is 12.7 Å². The minimum atomic E-state index is -0.0387. The first-order valence-corrected chi connectivity index (χ1v) is 6.46. The Hall–Kier alpha value is -1.06. The van der Waals surface area contributed by atoms with Crippen LogP contribution in [0.5, 0.6) is 5.75 Å². The third-order valence-electron chi connectivity index (χ3n) is 3.18. The van der Waals surface area contributed by atoms with Gasteiger partial charge in [-0.1, -0.05) is 12.1 Å². The Morgan fingerprint density at radius 3 is 2.61 bits per heavy atom. The Bertz CT molecular complexity index is 350. The van der Waals surface area contributed by atoms with Crippen LogP contribution in [0, 0.1) is 0 Å². The van der Waals surface area contributed by atoms with Crippen molar-refractivity contribution in [1.29, 1.82) is 0 Å². The standard InChI is InChI=1S/C15H25NO2/c1-15(2,18-4)9-11-16-10-8-13-6-5-7-14(12-13)17-3/h5-7,12,16H,8-11H2,1-4H3. The second kappa shape index (κ2) is 7.39. The zero-order chi connectivity index (χ0) is 13.4. The molecule has 1 aromatic rings. The van der Waals surface area contributed by atoms with Crippen molar-refractivity contribution in [3.63, 3.8) is 0 Å². The summed E-state index contributed by atoms with van der Waals surface area (Å²) >= 11 is 0. The molecule has 0 atom stereocenters. The highest BCUT2D eigenvalue weighted by atomic mass is 16.5. The van der Waals surface area contributed by atoms with Gasteiger partial charge in [0.15, 0.2) is 0 Å². The molecular weight excluding hydrogens is 226 g/mol. The monoisotopic (exact) mass is 251 g/mol. The van der Waals surface area contributed by atoms with E-state index in [1.165, 1.54) is 5.56 Å². The van der Waals surface area contributed by atoms with Gasteiger partial charge in [-0.3, -0.25) is 0 Å². The zero-order valence-electron chi connectivity index (χ0n) is 12.0. The van der Waals surface area contributed by atoms with Gasteiger partial charge in [-0.25, -0.2) is 0 Å². The van der Waals surface area contributed by atoms with E-state index in [4.69, 9.17) is 9.47 Å². The van der Waals surface area contributed by atoms with Gasteiger partial charge < -0.3 is 14.8 Å². The fourth-order valence-electron chi connectivity index (χ4n) is 1.68. The zero-order valence-corrected chi connectivity index (χ0v) is 12.0. The van der Waals surface area contributed by atoms with E-state index >= 15 is 0 Å².